The van der Waals surface area contributed by atoms with Crippen molar-refractivity contribution < 1.29 is 18.3 Å². The van der Waals surface area contributed by atoms with Crippen molar-refractivity contribution in [1.82, 2.24) is 9.88 Å². The normalized spacial score (nSPS) is 10.3. The molecule has 0 aliphatic carbocycles. The number of ether oxygens (including phenoxy) is 1. The van der Waals surface area contributed by atoms with Crippen LogP contribution < -0.4 is 4.74 Å². The molecule has 0 unspecified atom stereocenters. The summed E-state index contributed by atoms with van der Waals surface area (Å²) in [4.78, 5) is 17.4. The molecule has 1 amide bonds. The number of hydrogen-bond donors (Lipinski definition) is 0. The lowest BCUT2D eigenvalue weighted by Gasteiger charge is -2.17. The highest BCUT2D eigenvalue weighted by Crippen LogP contribution is 2.15. The van der Waals surface area contributed by atoms with Crippen LogP contribution in [0.3, 0.4) is 0 Å². The minimum Gasteiger partial charge on any atom is -0.484 e. The van der Waals surface area contributed by atoms with Crippen molar-refractivity contribution in [2.45, 2.75) is 6.42 Å². The van der Waals surface area contributed by atoms with Crippen molar-refractivity contribution in [2.75, 3.05) is 20.2 Å². The number of rotatable bonds is 6. The van der Waals surface area contributed by atoms with E-state index in [1.165, 1.54) is 11.0 Å². The molecule has 0 N–H and O–H groups in total. The van der Waals surface area contributed by atoms with E-state index in [4.69, 9.17) is 4.74 Å². The summed E-state index contributed by atoms with van der Waals surface area (Å²) in [6.07, 6.45) is 4.10. The van der Waals surface area contributed by atoms with E-state index >= 15 is 0 Å². The number of benzene rings is 1. The third kappa shape index (κ3) is 4.51. The van der Waals surface area contributed by atoms with Gasteiger partial charge in [0.1, 0.15) is 5.75 Å². The van der Waals surface area contributed by atoms with E-state index in [0.717, 1.165) is 17.7 Å². The summed E-state index contributed by atoms with van der Waals surface area (Å²) in [5.41, 5.74) is 1.08. The maximum atomic E-state index is 13.0. The molecule has 0 radical (unpaired) electrons. The number of likely N-dealkylation sites (N-methyl/N-ethyl adjacent to an activating group) is 1. The summed E-state index contributed by atoms with van der Waals surface area (Å²) >= 11 is 0. The number of carbonyl (C=O) groups is 1. The van der Waals surface area contributed by atoms with Crippen LogP contribution in [0.4, 0.5) is 8.78 Å². The second-order valence-electron chi connectivity index (χ2n) is 4.79. The van der Waals surface area contributed by atoms with Crippen molar-refractivity contribution in [1.29, 1.82) is 0 Å². The Kier molecular flexibility index (Phi) is 5.41. The number of hydrogen-bond acceptors (Lipinski definition) is 3. The van der Waals surface area contributed by atoms with Gasteiger partial charge in [-0.1, -0.05) is 0 Å². The Bertz CT molecular complexity index is 635. The van der Waals surface area contributed by atoms with Crippen molar-refractivity contribution in [2.24, 2.45) is 0 Å². The summed E-state index contributed by atoms with van der Waals surface area (Å²) in [5.74, 6) is -2.07. The van der Waals surface area contributed by atoms with E-state index in [1.54, 1.807) is 19.4 Å². The third-order valence-electron chi connectivity index (χ3n) is 3.16. The molecule has 1 heterocycles. The van der Waals surface area contributed by atoms with Crippen LogP contribution in [0.1, 0.15) is 5.56 Å². The van der Waals surface area contributed by atoms with Gasteiger partial charge in [0.25, 0.3) is 5.91 Å². The van der Waals surface area contributed by atoms with Crippen LogP contribution >= 0.6 is 0 Å². The quantitative estimate of drug-likeness (QED) is 0.823. The highest BCUT2D eigenvalue weighted by molar-refractivity contribution is 5.77. The van der Waals surface area contributed by atoms with Gasteiger partial charge >= 0.3 is 0 Å². The van der Waals surface area contributed by atoms with Gasteiger partial charge in [-0.3, -0.25) is 9.78 Å². The summed E-state index contributed by atoms with van der Waals surface area (Å²) in [6.45, 7) is 0.307. The van der Waals surface area contributed by atoms with E-state index in [0.29, 0.717) is 13.0 Å². The highest BCUT2D eigenvalue weighted by Gasteiger charge is 2.10. The molecule has 2 aromatic rings. The van der Waals surface area contributed by atoms with Gasteiger partial charge < -0.3 is 9.64 Å². The fourth-order valence-electron chi connectivity index (χ4n) is 1.79. The number of aromatic nitrogens is 1. The lowest BCUT2D eigenvalue weighted by atomic mass is 10.2. The zero-order chi connectivity index (χ0) is 15.9. The van der Waals surface area contributed by atoms with Crippen LogP contribution in [-0.2, 0) is 11.2 Å². The molecular formula is C16H16F2N2O2. The second-order valence-corrected chi connectivity index (χ2v) is 4.79. The van der Waals surface area contributed by atoms with E-state index in [9.17, 15) is 13.6 Å². The molecule has 1 aromatic carbocycles. The zero-order valence-corrected chi connectivity index (χ0v) is 12.1. The first-order chi connectivity index (χ1) is 10.6. The average molecular weight is 306 g/mol. The molecule has 0 fully saturated rings. The number of pyridine rings is 1. The smallest absolute Gasteiger partial charge is 0.260 e. The van der Waals surface area contributed by atoms with E-state index in [-0.39, 0.29) is 18.3 Å². The number of nitrogens with zero attached hydrogens (tertiary/aromatic N) is 2. The Morgan fingerprint density at radius 2 is 1.91 bits per heavy atom. The monoisotopic (exact) mass is 306 g/mol. The summed E-state index contributed by atoms with van der Waals surface area (Å²) < 4.78 is 31.0. The van der Waals surface area contributed by atoms with E-state index in [1.807, 2.05) is 12.1 Å². The van der Waals surface area contributed by atoms with E-state index < -0.39 is 11.6 Å². The third-order valence-corrected chi connectivity index (χ3v) is 3.16. The first-order valence-corrected chi connectivity index (χ1v) is 6.77. The molecule has 116 valence electrons. The lowest BCUT2D eigenvalue weighted by molar-refractivity contribution is -0.132. The fraction of sp³-hybridized carbons (Fsp3) is 0.250. The SMILES string of the molecule is CN(CCc1ccncc1)C(=O)COc1ccc(F)c(F)c1. The minimum atomic E-state index is -1.00. The molecular weight excluding hydrogens is 290 g/mol. The molecule has 0 saturated heterocycles. The van der Waals surface area contributed by atoms with Gasteiger partial charge in [0.05, 0.1) is 0 Å². The van der Waals surface area contributed by atoms with Gasteiger partial charge in [0, 0.05) is 32.1 Å². The van der Waals surface area contributed by atoms with Gasteiger partial charge in [-0.25, -0.2) is 8.78 Å². The topological polar surface area (TPSA) is 42.4 Å². The Morgan fingerprint density at radius 3 is 2.59 bits per heavy atom. The van der Waals surface area contributed by atoms with Crippen LogP contribution in [0.15, 0.2) is 42.7 Å². The van der Waals surface area contributed by atoms with Gasteiger partial charge in [-0.05, 0) is 36.2 Å². The summed E-state index contributed by atoms with van der Waals surface area (Å²) in [5, 5.41) is 0. The summed E-state index contributed by atoms with van der Waals surface area (Å²) in [6, 6.07) is 6.93. The first-order valence-electron chi connectivity index (χ1n) is 6.77. The van der Waals surface area contributed by atoms with Gasteiger partial charge in [0.15, 0.2) is 18.2 Å². The standard InChI is InChI=1S/C16H16F2N2O2/c1-20(9-6-12-4-7-19-8-5-12)16(21)11-22-13-2-3-14(17)15(18)10-13/h2-5,7-8,10H,6,9,11H2,1H3. The van der Waals surface area contributed by atoms with Crippen molar-refractivity contribution in [3.63, 3.8) is 0 Å². The zero-order valence-electron chi connectivity index (χ0n) is 12.1. The van der Waals surface area contributed by atoms with Crippen molar-refractivity contribution in [3.8, 4) is 5.75 Å². The van der Waals surface area contributed by atoms with Crippen LogP contribution in [0.25, 0.3) is 0 Å². The van der Waals surface area contributed by atoms with Crippen molar-refractivity contribution >= 4 is 5.91 Å². The van der Waals surface area contributed by atoms with Gasteiger partial charge in [-0.15, -0.1) is 0 Å². The molecule has 4 nitrogen and oxygen atoms in total. The van der Waals surface area contributed by atoms with E-state index in [2.05, 4.69) is 4.98 Å². The Hall–Kier alpha value is -2.50. The van der Waals surface area contributed by atoms with Crippen LogP contribution in [0.2, 0.25) is 0 Å². The van der Waals surface area contributed by atoms with Crippen LogP contribution in [0.5, 0.6) is 5.75 Å². The number of carbonyl (C=O) groups excluding carboxylic acids is 1. The predicted molar refractivity (Wildman–Crippen MR) is 77.4 cm³/mol. The summed E-state index contributed by atoms with van der Waals surface area (Å²) in [7, 11) is 1.66. The van der Waals surface area contributed by atoms with Crippen LogP contribution in [0, 0.1) is 11.6 Å². The number of halogens is 2. The van der Waals surface area contributed by atoms with Gasteiger partial charge in [0.2, 0.25) is 0 Å². The minimum absolute atomic E-state index is 0.120. The largest absolute Gasteiger partial charge is 0.484 e. The Labute approximate surface area is 127 Å². The molecule has 0 spiro atoms. The Balaban J connectivity index is 1.79. The lowest BCUT2D eigenvalue weighted by Crippen LogP contribution is -2.33. The molecule has 0 aliphatic rings. The highest BCUT2D eigenvalue weighted by atomic mass is 19.2. The molecule has 6 heteroatoms. The molecule has 0 aliphatic heterocycles. The first kappa shape index (κ1) is 15.9. The molecule has 22 heavy (non-hydrogen) atoms. The molecule has 1 aromatic heterocycles. The van der Waals surface area contributed by atoms with Crippen molar-refractivity contribution in [3.05, 3.63) is 59.9 Å². The second kappa shape index (κ2) is 7.49. The molecule has 0 bridgehead atoms. The average Bonchev–Trinajstić information content (AvgIpc) is 2.54. The molecule has 0 atom stereocenters. The fourth-order valence-corrected chi connectivity index (χ4v) is 1.79. The molecule has 2 rings (SSSR count). The maximum Gasteiger partial charge on any atom is 0.260 e. The van der Waals surface area contributed by atoms with Crippen LogP contribution in [-0.4, -0.2) is 36.0 Å². The van der Waals surface area contributed by atoms with Gasteiger partial charge in [-0.2, -0.15) is 0 Å². The Morgan fingerprint density at radius 1 is 1.18 bits per heavy atom. The number of amides is 1. The molecule has 0 saturated carbocycles. The maximum absolute atomic E-state index is 13.0. The predicted octanol–water partition coefficient (Wildman–Crippen LogP) is 2.44.